The first-order valence-electron chi connectivity index (χ1n) is 7.13. The summed E-state index contributed by atoms with van der Waals surface area (Å²) in [5.41, 5.74) is 7.72. The molecule has 0 saturated carbocycles. The molecule has 0 saturated heterocycles. The van der Waals surface area contributed by atoms with Crippen molar-refractivity contribution in [2.75, 3.05) is 6.54 Å². The van der Waals surface area contributed by atoms with Crippen molar-refractivity contribution in [2.45, 2.75) is 32.2 Å². The summed E-state index contributed by atoms with van der Waals surface area (Å²) in [6.07, 6.45) is 1.95. The predicted molar refractivity (Wildman–Crippen MR) is 86.3 cm³/mol. The summed E-state index contributed by atoms with van der Waals surface area (Å²) < 4.78 is 0. The Bertz CT molecular complexity index is 566. The number of benzene rings is 1. The molecule has 1 atom stereocenters. The normalized spacial score (nSPS) is 12.1. The van der Waals surface area contributed by atoms with E-state index in [0.717, 1.165) is 23.5 Å². The lowest BCUT2D eigenvalue weighted by Gasteiger charge is -2.06. The van der Waals surface area contributed by atoms with Crippen LogP contribution in [-0.2, 0) is 17.6 Å². The van der Waals surface area contributed by atoms with E-state index in [9.17, 15) is 4.79 Å². The van der Waals surface area contributed by atoms with Crippen molar-refractivity contribution in [2.24, 2.45) is 5.73 Å². The average molecular weight is 303 g/mol. The van der Waals surface area contributed by atoms with Gasteiger partial charge in [-0.05, 0) is 18.9 Å². The highest BCUT2D eigenvalue weighted by atomic mass is 32.1. The van der Waals surface area contributed by atoms with Gasteiger partial charge in [0.2, 0.25) is 5.91 Å². The molecular weight excluding hydrogens is 282 g/mol. The van der Waals surface area contributed by atoms with Gasteiger partial charge in [-0.15, -0.1) is 11.3 Å². The quantitative estimate of drug-likeness (QED) is 0.823. The topological polar surface area (TPSA) is 68.0 Å². The van der Waals surface area contributed by atoms with E-state index in [1.807, 2.05) is 30.5 Å². The van der Waals surface area contributed by atoms with Crippen molar-refractivity contribution >= 4 is 17.2 Å². The third-order valence-electron chi connectivity index (χ3n) is 3.06. The number of aromatic nitrogens is 1. The van der Waals surface area contributed by atoms with E-state index >= 15 is 0 Å². The minimum absolute atomic E-state index is 0.00668. The lowest BCUT2D eigenvalue weighted by molar-refractivity contribution is -0.120. The second-order valence-corrected chi connectivity index (χ2v) is 6.13. The van der Waals surface area contributed by atoms with Crippen molar-refractivity contribution in [3.63, 3.8) is 0 Å². The molecule has 3 N–H and O–H groups in total. The van der Waals surface area contributed by atoms with E-state index < -0.39 is 0 Å². The SMILES string of the molecule is CC(N)CCNC(=O)Cc1csc(Cc2ccccc2)n1. The summed E-state index contributed by atoms with van der Waals surface area (Å²) in [6.45, 7) is 2.56. The van der Waals surface area contributed by atoms with Crippen LogP contribution >= 0.6 is 11.3 Å². The maximum Gasteiger partial charge on any atom is 0.226 e. The Kier molecular flexibility index (Phi) is 5.90. The molecule has 5 heteroatoms. The van der Waals surface area contributed by atoms with Gasteiger partial charge in [0.15, 0.2) is 0 Å². The standard InChI is InChI=1S/C16H21N3OS/c1-12(17)7-8-18-15(20)10-14-11-21-16(19-14)9-13-5-3-2-4-6-13/h2-6,11-12H,7-10,17H2,1H3,(H,18,20). The van der Waals surface area contributed by atoms with Crippen molar-refractivity contribution in [3.05, 3.63) is 52.0 Å². The molecule has 0 bridgehead atoms. The van der Waals surface area contributed by atoms with Gasteiger partial charge in [0.05, 0.1) is 17.1 Å². The predicted octanol–water partition coefficient (Wildman–Crippen LogP) is 2.13. The molecule has 4 nitrogen and oxygen atoms in total. The van der Waals surface area contributed by atoms with E-state index in [4.69, 9.17) is 5.73 Å². The van der Waals surface area contributed by atoms with Crippen LogP contribution < -0.4 is 11.1 Å². The second kappa shape index (κ2) is 7.90. The molecule has 1 aromatic heterocycles. The molecule has 0 spiro atoms. The average Bonchev–Trinajstić information content (AvgIpc) is 2.86. The van der Waals surface area contributed by atoms with E-state index in [-0.39, 0.29) is 11.9 Å². The molecule has 112 valence electrons. The maximum absolute atomic E-state index is 11.8. The third kappa shape index (κ3) is 5.65. The number of hydrogen-bond donors (Lipinski definition) is 2. The Labute approximate surface area is 129 Å². The molecule has 0 aliphatic rings. The molecule has 1 heterocycles. The van der Waals surface area contributed by atoms with Crippen LogP contribution in [0.1, 0.15) is 29.6 Å². The third-order valence-corrected chi connectivity index (χ3v) is 3.96. The van der Waals surface area contributed by atoms with Crippen LogP contribution in [0.4, 0.5) is 0 Å². The lowest BCUT2D eigenvalue weighted by Crippen LogP contribution is -2.30. The molecule has 2 aromatic rings. The zero-order valence-electron chi connectivity index (χ0n) is 12.2. The number of carbonyl (C=O) groups excluding carboxylic acids is 1. The van der Waals surface area contributed by atoms with Crippen LogP contribution in [0.3, 0.4) is 0 Å². The van der Waals surface area contributed by atoms with E-state index in [1.54, 1.807) is 11.3 Å². The van der Waals surface area contributed by atoms with E-state index in [2.05, 4.69) is 22.4 Å². The van der Waals surface area contributed by atoms with Gasteiger partial charge in [-0.1, -0.05) is 30.3 Å². The Hall–Kier alpha value is -1.72. The number of amides is 1. The summed E-state index contributed by atoms with van der Waals surface area (Å²) in [5.74, 6) is 0.00668. The highest BCUT2D eigenvalue weighted by molar-refractivity contribution is 7.09. The first-order chi connectivity index (χ1) is 10.1. The van der Waals surface area contributed by atoms with Crippen LogP contribution in [0.2, 0.25) is 0 Å². The van der Waals surface area contributed by atoms with Crippen LogP contribution in [0.5, 0.6) is 0 Å². The lowest BCUT2D eigenvalue weighted by atomic mass is 10.2. The minimum atomic E-state index is 0.00668. The largest absolute Gasteiger partial charge is 0.356 e. The van der Waals surface area contributed by atoms with Gasteiger partial charge in [-0.2, -0.15) is 0 Å². The smallest absolute Gasteiger partial charge is 0.226 e. The first kappa shape index (κ1) is 15.7. The van der Waals surface area contributed by atoms with E-state index in [0.29, 0.717) is 13.0 Å². The monoisotopic (exact) mass is 303 g/mol. The maximum atomic E-state index is 11.8. The summed E-state index contributed by atoms with van der Waals surface area (Å²) >= 11 is 1.60. The second-order valence-electron chi connectivity index (χ2n) is 5.19. The van der Waals surface area contributed by atoms with Crippen LogP contribution in [-0.4, -0.2) is 23.5 Å². The first-order valence-corrected chi connectivity index (χ1v) is 8.01. The number of thiazole rings is 1. The zero-order chi connectivity index (χ0) is 15.1. The van der Waals surface area contributed by atoms with Crippen LogP contribution in [0.25, 0.3) is 0 Å². The van der Waals surface area contributed by atoms with Crippen LogP contribution in [0.15, 0.2) is 35.7 Å². The highest BCUT2D eigenvalue weighted by Gasteiger charge is 2.08. The molecular formula is C16H21N3OS. The summed E-state index contributed by atoms with van der Waals surface area (Å²) in [7, 11) is 0. The molecule has 21 heavy (non-hydrogen) atoms. The van der Waals surface area contributed by atoms with Gasteiger partial charge in [0.1, 0.15) is 0 Å². The number of hydrogen-bond acceptors (Lipinski definition) is 4. The Morgan fingerprint density at radius 3 is 2.86 bits per heavy atom. The number of nitrogens with two attached hydrogens (primary N) is 1. The summed E-state index contributed by atoms with van der Waals surface area (Å²) in [5, 5.41) is 5.87. The van der Waals surface area contributed by atoms with Crippen molar-refractivity contribution in [1.82, 2.24) is 10.3 Å². The Morgan fingerprint density at radius 1 is 1.38 bits per heavy atom. The number of rotatable bonds is 7. The van der Waals surface area contributed by atoms with Gasteiger partial charge in [-0.3, -0.25) is 4.79 Å². The Morgan fingerprint density at radius 2 is 2.14 bits per heavy atom. The van der Waals surface area contributed by atoms with Gasteiger partial charge in [-0.25, -0.2) is 4.98 Å². The fourth-order valence-corrected chi connectivity index (χ4v) is 2.78. The summed E-state index contributed by atoms with van der Waals surface area (Å²) in [4.78, 5) is 16.3. The van der Waals surface area contributed by atoms with Gasteiger partial charge in [0, 0.05) is 24.4 Å². The number of nitrogens with one attached hydrogen (secondary N) is 1. The number of nitrogens with zero attached hydrogens (tertiary/aromatic N) is 1. The molecule has 2 rings (SSSR count). The molecule has 0 fully saturated rings. The fourth-order valence-electron chi connectivity index (χ4n) is 1.95. The number of carbonyl (C=O) groups is 1. The van der Waals surface area contributed by atoms with Gasteiger partial charge < -0.3 is 11.1 Å². The Balaban J connectivity index is 1.81. The minimum Gasteiger partial charge on any atom is -0.356 e. The zero-order valence-corrected chi connectivity index (χ0v) is 13.0. The molecule has 0 aliphatic heterocycles. The van der Waals surface area contributed by atoms with Crippen molar-refractivity contribution in [1.29, 1.82) is 0 Å². The molecule has 0 aliphatic carbocycles. The highest BCUT2D eigenvalue weighted by Crippen LogP contribution is 2.15. The van der Waals surface area contributed by atoms with Gasteiger partial charge in [0.25, 0.3) is 0 Å². The molecule has 1 unspecified atom stereocenters. The van der Waals surface area contributed by atoms with Crippen LogP contribution in [0, 0.1) is 0 Å². The molecule has 1 aromatic carbocycles. The van der Waals surface area contributed by atoms with Crippen molar-refractivity contribution in [3.8, 4) is 0 Å². The molecule has 1 amide bonds. The fraction of sp³-hybridized carbons (Fsp3) is 0.375. The van der Waals surface area contributed by atoms with Crippen molar-refractivity contribution < 1.29 is 4.79 Å². The molecule has 0 radical (unpaired) electrons. The van der Waals surface area contributed by atoms with E-state index in [1.165, 1.54) is 5.56 Å². The summed E-state index contributed by atoms with van der Waals surface area (Å²) in [6, 6.07) is 10.3. The van der Waals surface area contributed by atoms with Gasteiger partial charge >= 0.3 is 0 Å².